The number of nitrogens with one attached hydrogen (secondary N) is 1. The molecule has 0 heterocycles. The number of anilines is 1. The monoisotopic (exact) mass is 344 g/mol. The standard InChI is InChI=1S/C14H18BrFN2S/c1-8-3-2-4-9(8)7-18-11-6-5-10(14(17)19)12(15)13(11)16/h5-6,8-9,18H,2-4,7H2,1H3,(H2,17,19). The van der Waals surface area contributed by atoms with Crippen LogP contribution in [0.3, 0.4) is 0 Å². The zero-order valence-electron chi connectivity index (χ0n) is 10.9. The van der Waals surface area contributed by atoms with Crippen LogP contribution in [-0.2, 0) is 0 Å². The highest BCUT2D eigenvalue weighted by molar-refractivity contribution is 9.10. The van der Waals surface area contributed by atoms with Crippen molar-refractivity contribution in [2.75, 3.05) is 11.9 Å². The number of nitrogens with two attached hydrogens (primary N) is 1. The number of thiocarbonyl (C=S) groups is 1. The van der Waals surface area contributed by atoms with E-state index in [1.165, 1.54) is 19.3 Å². The summed E-state index contributed by atoms with van der Waals surface area (Å²) in [4.78, 5) is 0.196. The smallest absolute Gasteiger partial charge is 0.161 e. The van der Waals surface area contributed by atoms with Crippen LogP contribution in [0.1, 0.15) is 31.7 Å². The van der Waals surface area contributed by atoms with Crippen molar-refractivity contribution in [2.45, 2.75) is 26.2 Å². The van der Waals surface area contributed by atoms with Gasteiger partial charge in [-0.15, -0.1) is 0 Å². The van der Waals surface area contributed by atoms with E-state index in [0.717, 1.165) is 12.5 Å². The van der Waals surface area contributed by atoms with Crippen LogP contribution in [0.15, 0.2) is 16.6 Å². The Labute approximate surface area is 127 Å². The minimum absolute atomic E-state index is 0.196. The first kappa shape index (κ1) is 14.7. The third-order valence-electron chi connectivity index (χ3n) is 3.94. The highest BCUT2D eigenvalue weighted by atomic mass is 79.9. The molecule has 2 atom stereocenters. The first-order valence-electron chi connectivity index (χ1n) is 6.52. The van der Waals surface area contributed by atoms with Gasteiger partial charge in [0.05, 0.1) is 10.2 Å². The summed E-state index contributed by atoms with van der Waals surface area (Å²) in [5.74, 6) is 1.03. The molecule has 5 heteroatoms. The zero-order chi connectivity index (χ0) is 14.0. The van der Waals surface area contributed by atoms with Gasteiger partial charge in [-0.2, -0.15) is 0 Å². The summed E-state index contributed by atoms with van der Waals surface area (Å²) < 4.78 is 14.5. The second kappa shape index (κ2) is 6.18. The molecule has 0 spiro atoms. The molecular weight excluding hydrogens is 327 g/mol. The van der Waals surface area contributed by atoms with Crippen LogP contribution >= 0.6 is 28.1 Å². The molecule has 1 saturated carbocycles. The van der Waals surface area contributed by atoms with Gasteiger partial charge in [0.15, 0.2) is 5.82 Å². The SMILES string of the molecule is CC1CCCC1CNc1ccc(C(N)=S)c(Br)c1F. The van der Waals surface area contributed by atoms with Crippen LogP contribution in [0.5, 0.6) is 0 Å². The first-order chi connectivity index (χ1) is 9.00. The van der Waals surface area contributed by atoms with Crippen molar-refractivity contribution in [2.24, 2.45) is 17.6 Å². The van der Waals surface area contributed by atoms with Crippen molar-refractivity contribution < 1.29 is 4.39 Å². The van der Waals surface area contributed by atoms with Gasteiger partial charge in [0, 0.05) is 12.1 Å². The van der Waals surface area contributed by atoms with Gasteiger partial charge in [0.2, 0.25) is 0 Å². The summed E-state index contributed by atoms with van der Waals surface area (Å²) in [5, 5.41) is 3.20. The van der Waals surface area contributed by atoms with Crippen molar-refractivity contribution >= 4 is 38.8 Å². The van der Waals surface area contributed by atoms with Crippen molar-refractivity contribution in [3.63, 3.8) is 0 Å². The molecule has 2 nitrogen and oxygen atoms in total. The molecule has 0 radical (unpaired) electrons. The lowest BCUT2D eigenvalue weighted by atomic mass is 9.98. The largest absolute Gasteiger partial charge is 0.389 e. The number of hydrogen-bond donors (Lipinski definition) is 2. The Hall–Kier alpha value is -0.680. The van der Waals surface area contributed by atoms with Crippen LogP contribution in [0.25, 0.3) is 0 Å². The summed E-state index contributed by atoms with van der Waals surface area (Å²) in [6.07, 6.45) is 3.78. The van der Waals surface area contributed by atoms with Crippen LogP contribution in [0.2, 0.25) is 0 Å². The van der Waals surface area contributed by atoms with E-state index < -0.39 is 0 Å². The molecule has 1 aliphatic carbocycles. The predicted octanol–water partition coefficient (Wildman–Crippen LogP) is 4.07. The van der Waals surface area contributed by atoms with Crippen LogP contribution in [-0.4, -0.2) is 11.5 Å². The van der Waals surface area contributed by atoms with Crippen molar-refractivity contribution in [3.05, 3.63) is 28.0 Å². The normalized spacial score (nSPS) is 22.5. The molecule has 0 bridgehead atoms. The average Bonchev–Trinajstić information content (AvgIpc) is 2.76. The lowest BCUT2D eigenvalue weighted by molar-refractivity contribution is 0.439. The minimum atomic E-state index is -0.323. The first-order valence-corrected chi connectivity index (χ1v) is 7.72. The Morgan fingerprint density at radius 3 is 2.84 bits per heavy atom. The summed E-state index contributed by atoms with van der Waals surface area (Å²) in [6.45, 7) is 3.08. The zero-order valence-corrected chi connectivity index (χ0v) is 13.3. The highest BCUT2D eigenvalue weighted by Crippen LogP contribution is 2.32. The van der Waals surface area contributed by atoms with Gasteiger partial charge in [0.25, 0.3) is 0 Å². The van der Waals surface area contributed by atoms with E-state index in [-0.39, 0.29) is 10.8 Å². The van der Waals surface area contributed by atoms with Gasteiger partial charge in [0.1, 0.15) is 4.99 Å². The molecule has 0 aromatic heterocycles. The number of rotatable bonds is 4. The Morgan fingerprint density at radius 1 is 1.53 bits per heavy atom. The van der Waals surface area contributed by atoms with Gasteiger partial charge in [-0.25, -0.2) is 4.39 Å². The van der Waals surface area contributed by atoms with Crippen LogP contribution in [0, 0.1) is 17.7 Å². The lowest BCUT2D eigenvalue weighted by Crippen LogP contribution is -2.18. The molecular formula is C14H18BrFN2S. The Balaban J connectivity index is 2.09. The van der Waals surface area contributed by atoms with E-state index in [4.69, 9.17) is 18.0 Å². The van der Waals surface area contributed by atoms with Gasteiger partial charge in [-0.1, -0.05) is 32.0 Å². The quantitative estimate of drug-likeness (QED) is 0.808. The maximum Gasteiger partial charge on any atom is 0.161 e. The molecule has 1 fully saturated rings. The van der Waals surface area contributed by atoms with Crippen molar-refractivity contribution in [1.82, 2.24) is 0 Å². The van der Waals surface area contributed by atoms with Crippen LogP contribution < -0.4 is 11.1 Å². The maximum atomic E-state index is 14.2. The summed E-state index contributed by atoms with van der Waals surface area (Å²) >= 11 is 8.10. The molecule has 104 valence electrons. The second-order valence-electron chi connectivity index (χ2n) is 5.20. The fourth-order valence-electron chi connectivity index (χ4n) is 2.64. The third kappa shape index (κ3) is 3.26. The van der Waals surface area contributed by atoms with E-state index in [2.05, 4.69) is 28.2 Å². The maximum absolute atomic E-state index is 14.2. The summed E-state index contributed by atoms with van der Waals surface area (Å²) in [5.41, 5.74) is 6.58. The molecule has 2 rings (SSSR count). The van der Waals surface area contributed by atoms with Crippen molar-refractivity contribution in [1.29, 1.82) is 0 Å². The molecule has 2 unspecified atom stereocenters. The fourth-order valence-corrected chi connectivity index (χ4v) is 3.50. The number of benzene rings is 1. The minimum Gasteiger partial charge on any atom is -0.389 e. The van der Waals surface area contributed by atoms with E-state index in [0.29, 0.717) is 21.6 Å². The Bertz CT molecular complexity index is 493. The summed E-state index contributed by atoms with van der Waals surface area (Å²) in [7, 11) is 0. The van der Waals surface area contributed by atoms with Gasteiger partial charge >= 0.3 is 0 Å². The number of hydrogen-bond acceptors (Lipinski definition) is 2. The third-order valence-corrected chi connectivity index (χ3v) is 4.94. The Morgan fingerprint density at radius 2 is 2.26 bits per heavy atom. The van der Waals surface area contributed by atoms with Gasteiger partial charge in [-0.05, 0) is 46.3 Å². The molecule has 1 aromatic rings. The van der Waals surface area contributed by atoms with Crippen LogP contribution in [0.4, 0.5) is 10.1 Å². The lowest BCUT2D eigenvalue weighted by Gasteiger charge is -2.18. The van der Waals surface area contributed by atoms with Gasteiger partial charge in [-0.3, -0.25) is 0 Å². The molecule has 3 N–H and O–H groups in total. The average molecular weight is 345 g/mol. The topological polar surface area (TPSA) is 38.0 Å². The highest BCUT2D eigenvalue weighted by Gasteiger charge is 2.23. The molecule has 0 saturated heterocycles. The van der Waals surface area contributed by atoms with Crippen molar-refractivity contribution in [3.8, 4) is 0 Å². The second-order valence-corrected chi connectivity index (χ2v) is 6.43. The molecule has 1 aliphatic rings. The van der Waals surface area contributed by atoms with E-state index in [1.807, 2.05) is 0 Å². The van der Waals surface area contributed by atoms with E-state index in [1.54, 1.807) is 12.1 Å². The predicted molar refractivity (Wildman–Crippen MR) is 85.0 cm³/mol. The number of halogens is 2. The Kier molecular flexibility index (Phi) is 4.79. The van der Waals surface area contributed by atoms with E-state index >= 15 is 0 Å². The molecule has 0 amide bonds. The van der Waals surface area contributed by atoms with E-state index in [9.17, 15) is 4.39 Å². The molecule has 0 aliphatic heterocycles. The molecule has 1 aromatic carbocycles. The van der Waals surface area contributed by atoms with Gasteiger partial charge < -0.3 is 11.1 Å². The molecule has 19 heavy (non-hydrogen) atoms. The summed E-state index contributed by atoms with van der Waals surface area (Å²) in [6, 6.07) is 3.45. The fraction of sp³-hybridized carbons (Fsp3) is 0.500.